The predicted octanol–water partition coefficient (Wildman–Crippen LogP) is 4.20. The third-order valence-corrected chi connectivity index (χ3v) is 6.89. The lowest BCUT2D eigenvalue weighted by Gasteiger charge is -2.50. The molecule has 0 spiro atoms. The zero-order valence-corrected chi connectivity index (χ0v) is 24.0. The number of carbonyl (C=O) groups excluding carboxylic acids is 4. The van der Waals surface area contributed by atoms with Crippen molar-refractivity contribution in [3.63, 3.8) is 0 Å². The van der Waals surface area contributed by atoms with Crippen molar-refractivity contribution in [2.24, 2.45) is 22.7 Å². The van der Waals surface area contributed by atoms with E-state index in [1.165, 1.54) is 14.2 Å². The van der Waals surface area contributed by atoms with Gasteiger partial charge in [-0.15, -0.1) is 0 Å². The molecule has 0 bridgehead atoms. The van der Waals surface area contributed by atoms with Gasteiger partial charge in [0.05, 0.1) is 26.1 Å². The van der Waals surface area contributed by atoms with E-state index in [1.54, 1.807) is 0 Å². The van der Waals surface area contributed by atoms with Crippen LogP contribution in [0.25, 0.3) is 0 Å². The number of ether oxygens (including phenoxy) is 4. The maximum absolute atomic E-state index is 11.6. The highest BCUT2D eigenvalue weighted by Gasteiger charge is 2.54. The first-order valence-electron chi connectivity index (χ1n) is 12.3. The van der Waals surface area contributed by atoms with Crippen LogP contribution in [0.15, 0.2) is 0 Å². The minimum absolute atomic E-state index is 0.0588. The number of methoxy groups -OCH3 is 2. The van der Waals surface area contributed by atoms with Gasteiger partial charge in [-0.1, -0.05) is 27.7 Å². The third kappa shape index (κ3) is 8.27. The molecule has 2 aliphatic carbocycles. The summed E-state index contributed by atoms with van der Waals surface area (Å²) in [5.74, 6) is -0.769. The van der Waals surface area contributed by atoms with Crippen LogP contribution in [0, 0.1) is 22.7 Å². The first-order chi connectivity index (χ1) is 16.2. The zero-order valence-electron chi connectivity index (χ0n) is 24.0. The van der Waals surface area contributed by atoms with E-state index >= 15 is 0 Å². The van der Waals surface area contributed by atoms with Gasteiger partial charge in [0.15, 0.2) is 0 Å². The Morgan fingerprint density at radius 3 is 1.11 bits per heavy atom. The number of hydrogen-bond donors (Lipinski definition) is 2. The van der Waals surface area contributed by atoms with Crippen molar-refractivity contribution >= 4 is 24.1 Å². The second-order valence-electron chi connectivity index (χ2n) is 12.7. The minimum Gasteiger partial charge on any atom is -0.469 e. The van der Waals surface area contributed by atoms with Crippen molar-refractivity contribution in [1.29, 1.82) is 0 Å². The van der Waals surface area contributed by atoms with Gasteiger partial charge in [0.1, 0.15) is 11.2 Å². The highest BCUT2D eigenvalue weighted by molar-refractivity contribution is 5.77. The first-order valence-corrected chi connectivity index (χ1v) is 12.3. The van der Waals surface area contributed by atoms with E-state index < -0.39 is 23.4 Å². The quantitative estimate of drug-likeness (QED) is 0.422. The number of alkyl carbamates (subject to hydrolysis) is 2. The molecule has 0 saturated heterocycles. The van der Waals surface area contributed by atoms with E-state index in [0.29, 0.717) is 12.8 Å². The summed E-state index contributed by atoms with van der Waals surface area (Å²) in [6.45, 7) is 18.7. The molecule has 2 amide bonds. The van der Waals surface area contributed by atoms with Gasteiger partial charge in [0.2, 0.25) is 0 Å². The number of carbonyl (C=O) groups is 4. The monoisotopic (exact) mass is 514 g/mol. The Kier molecular flexibility index (Phi) is 9.85. The largest absolute Gasteiger partial charge is 0.469 e. The number of esters is 2. The molecule has 36 heavy (non-hydrogen) atoms. The standard InChI is InChI=1S/2C13H23NO4/c2*1-12(2,3)18-11(16)14-9-7-8(10(15)17-6)13(9,4)5/h2*8-9H,7H2,1-6H3,(H,14,16)/t2*8-,9-/m10/s1. The average molecular weight is 515 g/mol. The lowest BCUT2D eigenvalue weighted by atomic mass is 9.58. The first kappa shape index (κ1) is 31.5. The molecule has 4 atom stereocenters. The molecule has 0 aromatic heterocycles. The molecule has 2 aliphatic rings. The lowest BCUT2D eigenvalue weighted by Crippen LogP contribution is -2.61. The molecule has 0 heterocycles. The summed E-state index contributed by atoms with van der Waals surface area (Å²) in [5.41, 5.74) is -1.63. The van der Waals surface area contributed by atoms with Crippen LogP contribution in [0.4, 0.5) is 9.59 Å². The molecule has 0 aromatic carbocycles. The summed E-state index contributed by atoms with van der Waals surface area (Å²) < 4.78 is 19.9. The molecule has 2 N–H and O–H groups in total. The van der Waals surface area contributed by atoms with E-state index in [1.807, 2.05) is 69.2 Å². The van der Waals surface area contributed by atoms with Gasteiger partial charge in [-0.25, -0.2) is 9.59 Å². The Labute approximate surface area is 215 Å². The minimum atomic E-state index is -0.514. The second kappa shape index (κ2) is 11.3. The summed E-state index contributed by atoms with van der Waals surface area (Å²) in [6.07, 6.45) is 0.311. The van der Waals surface area contributed by atoms with Gasteiger partial charge in [0.25, 0.3) is 0 Å². The normalized spacial score (nSPS) is 25.9. The number of amides is 2. The van der Waals surface area contributed by atoms with Crippen LogP contribution < -0.4 is 10.6 Å². The Morgan fingerprint density at radius 2 is 0.917 bits per heavy atom. The highest BCUT2D eigenvalue weighted by Crippen LogP contribution is 2.47. The van der Waals surface area contributed by atoms with Crippen LogP contribution in [-0.4, -0.2) is 61.6 Å². The van der Waals surface area contributed by atoms with Crippen molar-refractivity contribution in [2.75, 3.05) is 14.2 Å². The highest BCUT2D eigenvalue weighted by atomic mass is 16.6. The maximum Gasteiger partial charge on any atom is 0.407 e. The fourth-order valence-corrected chi connectivity index (χ4v) is 4.33. The molecule has 2 saturated carbocycles. The van der Waals surface area contributed by atoms with Crippen LogP contribution >= 0.6 is 0 Å². The Hall–Kier alpha value is -2.52. The number of rotatable bonds is 4. The van der Waals surface area contributed by atoms with E-state index in [4.69, 9.17) is 18.9 Å². The Balaban J connectivity index is 0.000000360. The molecule has 10 heteroatoms. The maximum atomic E-state index is 11.6. The Morgan fingerprint density at radius 1 is 0.639 bits per heavy atom. The molecule has 0 aromatic rings. The van der Waals surface area contributed by atoms with Gasteiger partial charge in [-0.2, -0.15) is 0 Å². The van der Waals surface area contributed by atoms with Crippen LogP contribution in [0.2, 0.25) is 0 Å². The van der Waals surface area contributed by atoms with E-state index in [2.05, 4.69) is 10.6 Å². The third-order valence-electron chi connectivity index (χ3n) is 6.89. The van der Waals surface area contributed by atoms with Gasteiger partial charge in [-0.05, 0) is 65.2 Å². The smallest absolute Gasteiger partial charge is 0.407 e. The number of nitrogens with one attached hydrogen (secondary N) is 2. The predicted molar refractivity (Wildman–Crippen MR) is 134 cm³/mol. The zero-order chi connectivity index (χ0) is 28.3. The van der Waals surface area contributed by atoms with Gasteiger partial charge in [-0.3, -0.25) is 9.59 Å². The van der Waals surface area contributed by atoms with Crippen molar-refractivity contribution in [2.45, 2.75) is 105 Å². The van der Waals surface area contributed by atoms with Gasteiger partial charge in [0, 0.05) is 12.1 Å². The van der Waals surface area contributed by atoms with Crippen molar-refractivity contribution in [1.82, 2.24) is 10.6 Å². The van der Waals surface area contributed by atoms with Crippen molar-refractivity contribution < 1.29 is 38.1 Å². The van der Waals surface area contributed by atoms with E-state index in [9.17, 15) is 19.2 Å². The molecular formula is C26H46N2O8. The SMILES string of the molecule is COC(=O)[C@@H]1C[C@H](NC(=O)OC(C)(C)C)C1(C)C.COC(=O)[C@H]1C[C@@H](NC(=O)OC(C)(C)C)C1(C)C. The summed E-state index contributed by atoms with van der Waals surface area (Å²) >= 11 is 0. The Bertz CT molecular complexity index is 755. The fraction of sp³-hybridized carbons (Fsp3) is 0.846. The molecule has 10 nitrogen and oxygen atoms in total. The van der Waals surface area contributed by atoms with Gasteiger partial charge < -0.3 is 29.6 Å². The number of hydrogen-bond acceptors (Lipinski definition) is 8. The van der Waals surface area contributed by atoms with Crippen molar-refractivity contribution in [3.05, 3.63) is 0 Å². The van der Waals surface area contributed by atoms with E-state index in [0.717, 1.165) is 0 Å². The summed E-state index contributed by atoms with van der Waals surface area (Å²) in [6, 6.07) is -0.118. The van der Waals surface area contributed by atoms with Crippen LogP contribution in [0.3, 0.4) is 0 Å². The molecule has 2 fully saturated rings. The molecule has 0 aliphatic heterocycles. The fourth-order valence-electron chi connectivity index (χ4n) is 4.33. The van der Waals surface area contributed by atoms with Crippen LogP contribution in [-0.2, 0) is 28.5 Å². The average Bonchev–Trinajstić information content (AvgIpc) is 2.70. The molecule has 208 valence electrons. The van der Waals surface area contributed by atoms with Crippen LogP contribution in [0.5, 0.6) is 0 Å². The van der Waals surface area contributed by atoms with Crippen molar-refractivity contribution in [3.8, 4) is 0 Å². The van der Waals surface area contributed by atoms with Crippen LogP contribution in [0.1, 0.15) is 82.1 Å². The summed E-state index contributed by atoms with van der Waals surface area (Å²) in [7, 11) is 2.76. The lowest BCUT2D eigenvalue weighted by molar-refractivity contribution is -0.159. The van der Waals surface area contributed by atoms with E-state index in [-0.39, 0.29) is 46.7 Å². The topological polar surface area (TPSA) is 129 Å². The molecule has 0 radical (unpaired) electrons. The van der Waals surface area contributed by atoms with Gasteiger partial charge >= 0.3 is 24.1 Å². The summed E-state index contributed by atoms with van der Waals surface area (Å²) in [4.78, 5) is 46.3. The molecule has 0 unspecified atom stereocenters. The molecular weight excluding hydrogens is 468 g/mol. The second-order valence-corrected chi connectivity index (χ2v) is 12.7. The summed E-state index contributed by atoms with van der Waals surface area (Å²) in [5, 5.41) is 5.61. The molecule has 2 rings (SSSR count).